The van der Waals surface area contributed by atoms with Crippen molar-refractivity contribution in [1.29, 1.82) is 0 Å². The molecule has 0 aliphatic heterocycles. The minimum atomic E-state index is -0.512. The van der Waals surface area contributed by atoms with Crippen LogP contribution >= 0.6 is 23.2 Å². The van der Waals surface area contributed by atoms with Gasteiger partial charge in [-0.15, -0.1) is 0 Å². The minimum Gasteiger partial charge on any atom is -0.465 e. The maximum absolute atomic E-state index is 12.4. The van der Waals surface area contributed by atoms with Gasteiger partial charge in [0.1, 0.15) is 5.69 Å². The fourth-order valence-corrected chi connectivity index (χ4v) is 2.63. The number of carbonyl (C=O) groups is 2. The Morgan fingerprint density at radius 1 is 1.08 bits per heavy atom. The van der Waals surface area contributed by atoms with Crippen molar-refractivity contribution in [1.82, 2.24) is 4.98 Å². The molecule has 0 spiro atoms. The van der Waals surface area contributed by atoms with Gasteiger partial charge in [-0.1, -0.05) is 23.2 Å². The van der Waals surface area contributed by atoms with Crippen LogP contribution in [0, 0.1) is 0 Å². The second-order valence-electron chi connectivity index (χ2n) is 5.05. The smallest absolute Gasteiger partial charge is 0.337 e. The summed E-state index contributed by atoms with van der Waals surface area (Å²) in [5, 5.41) is 4.40. The predicted octanol–water partition coefficient (Wildman–Crippen LogP) is 4.51. The summed E-state index contributed by atoms with van der Waals surface area (Å²) in [5.74, 6) is -0.895. The first-order chi connectivity index (χ1) is 11.5. The van der Waals surface area contributed by atoms with Gasteiger partial charge in [0, 0.05) is 15.9 Å². The standard InChI is InChI=1S/C17H12Cl2N2O3/c1-24-17(23)9-2-4-12(19)14(7-9)21-16(22)15-8-10-6-11(18)3-5-13(10)20-15/h2-8,20H,1H3,(H,21,22). The summed E-state index contributed by atoms with van der Waals surface area (Å²) in [7, 11) is 1.28. The Bertz CT molecular complexity index is 950. The van der Waals surface area contributed by atoms with E-state index in [4.69, 9.17) is 23.2 Å². The highest BCUT2D eigenvalue weighted by Gasteiger charge is 2.14. The molecule has 0 saturated heterocycles. The van der Waals surface area contributed by atoms with Crippen molar-refractivity contribution in [3.8, 4) is 0 Å². The van der Waals surface area contributed by atoms with Crippen molar-refractivity contribution < 1.29 is 14.3 Å². The molecule has 3 aromatic rings. The number of hydrogen-bond acceptors (Lipinski definition) is 3. The largest absolute Gasteiger partial charge is 0.465 e. The molecule has 7 heteroatoms. The van der Waals surface area contributed by atoms with E-state index in [1.54, 1.807) is 24.3 Å². The number of rotatable bonds is 3. The summed E-state index contributed by atoms with van der Waals surface area (Å²) < 4.78 is 4.66. The number of methoxy groups -OCH3 is 1. The quantitative estimate of drug-likeness (QED) is 0.673. The number of halogens is 2. The van der Waals surface area contributed by atoms with Gasteiger partial charge >= 0.3 is 5.97 Å². The Balaban J connectivity index is 1.89. The van der Waals surface area contributed by atoms with Crippen molar-refractivity contribution in [2.45, 2.75) is 0 Å². The van der Waals surface area contributed by atoms with Crippen LogP contribution in [0.3, 0.4) is 0 Å². The maximum atomic E-state index is 12.4. The van der Waals surface area contributed by atoms with Crippen LogP contribution in [0.2, 0.25) is 10.0 Å². The first-order valence-electron chi connectivity index (χ1n) is 6.95. The van der Waals surface area contributed by atoms with Crippen LogP contribution < -0.4 is 5.32 Å². The molecule has 122 valence electrons. The van der Waals surface area contributed by atoms with E-state index in [2.05, 4.69) is 15.0 Å². The van der Waals surface area contributed by atoms with Crippen molar-refractivity contribution in [3.05, 3.63) is 63.8 Å². The van der Waals surface area contributed by atoms with Gasteiger partial charge < -0.3 is 15.0 Å². The van der Waals surface area contributed by atoms with Gasteiger partial charge in [0.2, 0.25) is 0 Å². The van der Waals surface area contributed by atoms with Crippen LogP contribution in [0.15, 0.2) is 42.5 Å². The zero-order valence-electron chi connectivity index (χ0n) is 12.5. The van der Waals surface area contributed by atoms with Crippen LogP contribution in [0.1, 0.15) is 20.8 Å². The lowest BCUT2D eigenvalue weighted by molar-refractivity contribution is 0.0600. The van der Waals surface area contributed by atoms with E-state index in [0.717, 1.165) is 10.9 Å². The topological polar surface area (TPSA) is 71.2 Å². The van der Waals surface area contributed by atoms with Crippen molar-refractivity contribution in [2.75, 3.05) is 12.4 Å². The minimum absolute atomic E-state index is 0.292. The Morgan fingerprint density at radius 2 is 1.88 bits per heavy atom. The number of fused-ring (bicyclic) bond motifs is 1. The molecule has 2 aromatic carbocycles. The van der Waals surface area contributed by atoms with E-state index in [1.807, 2.05) is 0 Å². The monoisotopic (exact) mass is 362 g/mol. The lowest BCUT2D eigenvalue weighted by Crippen LogP contribution is -2.13. The molecule has 0 saturated carbocycles. The van der Waals surface area contributed by atoms with Gasteiger partial charge in [0.25, 0.3) is 5.91 Å². The van der Waals surface area contributed by atoms with E-state index in [1.165, 1.54) is 25.3 Å². The number of aromatic amines is 1. The van der Waals surface area contributed by atoms with Crippen LogP contribution in [0.5, 0.6) is 0 Å². The number of benzene rings is 2. The normalized spacial score (nSPS) is 10.6. The van der Waals surface area contributed by atoms with E-state index >= 15 is 0 Å². The third-order valence-corrected chi connectivity index (χ3v) is 4.03. The Kier molecular flexibility index (Phi) is 4.46. The Labute approximate surface area is 147 Å². The molecule has 0 bridgehead atoms. The molecule has 0 unspecified atom stereocenters. The van der Waals surface area contributed by atoms with Crippen LogP contribution in [0.4, 0.5) is 5.69 Å². The number of esters is 1. The molecule has 1 amide bonds. The highest BCUT2D eigenvalue weighted by Crippen LogP contribution is 2.25. The van der Waals surface area contributed by atoms with Crippen molar-refractivity contribution in [3.63, 3.8) is 0 Å². The molecule has 0 aliphatic rings. The van der Waals surface area contributed by atoms with Crippen molar-refractivity contribution >= 4 is 51.7 Å². The summed E-state index contributed by atoms with van der Waals surface area (Å²) in [6, 6.07) is 11.5. The molecule has 2 N–H and O–H groups in total. The predicted molar refractivity (Wildman–Crippen MR) is 94.1 cm³/mol. The summed E-state index contributed by atoms with van der Waals surface area (Å²) >= 11 is 12.0. The lowest BCUT2D eigenvalue weighted by Gasteiger charge is -2.08. The van der Waals surface area contributed by atoms with Gasteiger partial charge in [-0.3, -0.25) is 4.79 Å². The lowest BCUT2D eigenvalue weighted by atomic mass is 10.2. The van der Waals surface area contributed by atoms with E-state index in [-0.39, 0.29) is 5.91 Å². The molecule has 0 radical (unpaired) electrons. The molecular formula is C17H12Cl2N2O3. The van der Waals surface area contributed by atoms with Crippen LogP contribution in [0.25, 0.3) is 10.9 Å². The fraction of sp³-hybridized carbons (Fsp3) is 0.0588. The summed E-state index contributed by atoms with van der Waals surface area (Å²) in [6.07, 6.45) is 0. The van der Waals surface area contributed by atoms with E-state index in [0.29, 0.717) is 27.0 Å². The molecule has 0 atom stereocenters. The Hall–Kier alpha value is -2.50. The third kappa shape index (κ3) is 3.22. The number of ether oxygens (including phenoxy) is 1. The van der Waals surface area contributed by atoms with Gasteiger partial charge in [-0.2, -0.15) is 0 Å². The second-order valence-corrected chi connectivity index (χ2v) is 5.90. The second kappa shape index (κ2) is 6.55. The van der Waals surface area contributed by atoms with Gasteiger partial charge in [-0.25, -0.2) is 4.79 Å². The number of amides is 1. The number of nitrogens with one attached hydrogen (secondary N) is 2. The van der Waals surface area contributed by atoms with Crippen molar-refractivity contribution in [2.24, 2.45) is 0 Å². The summed E-state index contributed by atoms with van der Waals surface area (Å²) in [6.45, 7) is 0. The Morgan fingerprint density at radius 3 is 2.62 bits per heavy atom. The average molecular weight is 363 g/mol. The highest BCUT2D eigenvalue weighted by atomic mass is 35.5. The molecule has 0 fully saturated rings. The fourth-order valence-electron chi connectivity index (χ4n) is 2.28. The number of carbonyl (C=O) groups excluding carboxylic acids is 2. The first kappa shape index (κ1) is 16.4. The molecular weight excluding hydrogens is 351 g/mol. The summed E-state index contributed by atoms with van der Waals surface area (Å²) in [4.78, 5) is 27.0. The maximum Gasteiger partial charge on any atom is 0.337 e. The summed E-state index contributed by atoms with van der Waals surface area (Å²) in [5.41, 5.74) is 1.76. The van der Waals surface area contributed by atoms with Gasteiger partial charge in [0.15, 0.2) is 0 Å². The molecule has 1 heterocycles. The molecule has 3 rings (SSSR count). The highest BCUT2D eigenvalue weighted by molar-refractivity contribution is 6.34. The third-order valence-electron chi connectivity index (χ3n) is 3.46. The average Bonchev–Trinajstić information content (AvgIpc) is 2.99. The number of hydrogen-bond donors (Lipinski definition) is 2. The van der Waals surface area contributed by atoms with Crippen LogP contribution in [-0.4, -0.2) is 24.0 Å². The number of aromatic nitrogens is 1. The zero-order chi connectivity index (χ0) is 17.3. The first-order valence-corrected chi connectivity index (χ1v) is 7.71. The SMILES string of the molecule is COC(=O)c1ccc(Cl)c(NC(=O)c2cc3cc(Cl)ccc3[nH]2)c1. The number of H-pyrrole nitrogens is 1. The molecule has 5 nitrogen and oxygen atoms in total. The molecule has 1 aromatic heterocycles. The zero-order valence-corrected chi connectivity index (χ0v) is 14.0. The number of anilines is 1. The van der Waals surface area contributed by atoms with E-state index < -0.39 is 5.97 Å². The van der Waals surface area contributed by atoms with E-state index in [9.17, 15) is 9.59 Å². The van der Waals surface area contributed by atoms with Gasteiger partial charge in [0.05, 0.1) is 23.4 Å². The molecule has 24 heavy (non-hydrogen) atoms. The van der Waals surface area contributed by atoms with Gasteiger partial charge in [-0.05, 0) is 42.5 Å². The van der Waals surface area contributed by atoms with Crippen LogP contribution in [-0.2, 0) is 4.74 Å². The molecule has 0 aliphatic carbocycles.